The van der Waals surface area contributed by atoms with Gasteiger partial charge in [-0.2, -0.15) is 0 Å². The van der Waals surface area contributed by atoms with E-state index in [9.17, 15) is 0 Å². The molecule has 0 radical (unpaired) electrons. The largest absolute Gasteiger partial charge is 0.334 e. The van der Waals surface area contributed by atoms with Gasteiger partial charge in [0.1, 0.15) is 11.6 Å². The van der Waals surface area contributed by atoms with Gasteiger partial charge in [0.25, 0.3) is 0 Å². The third-order valence-corrected chi connectivity index (χ3v) is 3.86. The SMILES string of the molecule is Cc1[nH]c(=S)nc2c1CCc1nc3ccccc3n1-2. The van der Waals surface area contributed by atoms with E-state index < -0.39 is 0 Å². The Morgan fingerprint density at radius 2 is 2.05 bits per heavy atom. The summed E-state index contributed by atoms with van der Waals surface area (Å²) in [6, 6.07) is 8.16. The van der Waals surface area contributed by atoms with Crippen molar-refractivity contribution in [1.82, 2.24) is 19.5 Å². The molecule has 5 heteroatoms. The Balaban J connectivity index is 2.16. The minimum Gasteiger partial charge on any atom is -0.334 e. The third-order valence-electron chi connectivity index (χ3n) is 3.67. The Labute approximate surface area is 115 Å². The van der Waals surface area contributed by atoms with E-state index in [0.29, 0.717) is 4.77 Å². The molecule has 0 spiro atoms. The lowest BCUT2D eigenvalue weighted by atomic mass is 10.1. The van der Waals surface area contributed by atoms with E-state index in [1.807, 2.05) is 18.2 Å². The summed E-state index contributed by atoms with van der Waals surface area (Å²) in [5.41, 5.74) is 4.47. The van der Waals surface area contributed by atoms with Crippen LogP contribution in [0.15, 0.2) is 24.3 Å². The topological polar surface area (TPSA) is 46.5 Å². The molecule has 0 saturated carbocycles. The molecule has 0 amide bonds. The van der Waals surface area contributed by atoms with E-state index in [2.05, 4.69) is 27.5 Å². The van der Waals surface area contributed by atoms with E-state index in [1.54, 1.807) is 0 Å². The zero-order valence-electron chi connectivity index (χ0n) is 10.5. The van der Waals surface area contributed by atoms with Crippen LogP contribution in [0.25, 0.3) is 16.9 Å². The minimum absolute atomic E-state index is 0.530. The first-order valence-electron chi connectivity index (χ1n) is 6.30. The van der Waals surface area contributed by atoms with E-state index in [-0.39, 0.29) is 0 Å². The predicted molar refractivity (Wildman–Crippen MR) is 76.2 cm³/mol. The number of aromatic amines is 1. The molecule has 0 bridgehead atoms. The highest BCUT2D eigenvalue weighted by molar-refractivity contribution is 7.71. The lowest BCUT2D eigenvalue weighted by Gasteiger charge is -2.19. The van der Waals surface area contributed by atoms with Gasteiger partial charge < -0.3 is 4.98 Å². The first-order valence-corrected chi connectivity index (χ1v) is 6.71. The molecule has 3 aromatic rings. The summed E-state index contributed by atoms with van der Waals surface area (Å²) in [4.78, 5) is 12.3. The second-order valence-corrected chi connectivity index (χ2v) is 5.21. The van der Waals surface area contributed by atoms with Crippen LogP contribution in [0.1, 0.15) is 17.1 Å². The van der Waals surface area contributed by atoms with Gasteiger partial charge in [0.15, 0.2) is 4.77 Å². The summed E-state index contributed by atoms with van der Waals surface area (Å²) in [6.45, 7) is 2.06. The van der Waals surface area contributed by atoms with Gasteiger partial charge in [-0.15, -0.1) is 0 Å². The number of aromatic nitrogens is 4. The maximum absolute atomic E-state index is 5.21. The Morgan fingerprint density at radius 3 is 2.95 bits per heavy atom. The Hall–Kier alpha value is -2.01. The van der Waals surface area contributed by atoms with Gasteiger partial charge in [-0.05, 0) is 37.7 Å². The molecule has 0 atom stereocenters. The summed E-state index contributed by atoms with van der Waals surface area (Å²) in [5, 5.41) is 0. The van der Waals surface area contributed by atoms with Crippen molar-refractivity contribution < 1.29 is 0 Å². The van der Waals surface area contributed by atoms with Crippen LogP contribution in [0.3, 0.4) is 0 Å². The predicted octanol–water partition coefficient (Wildman–Crippen LogP) is 2.89. The van der Waals surface area contributed by atoms with Crippen molar-refractivity contribution in [3.05, 3.63) is 46.1 Å². The number of fused-ring (bicyclic) bond motifs is 5. The normalized spacial score (nSPS) is 13.3. The molecule has 4 nitrogen and oxygen atoms in total. The van der Waals surface area contributed by atoms with Crippen molar-refractivity contribution in [2.24, 2.45) is 0 Å². The average molecular weight is 268 g/mol. The quantitative estimate of drug-likeness (QED) is 0.638. The molecule has 0 fully saturated rings. The summed E-state index contributed by atoms with van der Waals surface area (Å²) < 4.78 is 2.67. The molecule has 3 heterocycles. The number of para-hydroxylation sites is 2. The standard InChI is InChI=1S/C14H12N4S/c1-8-9-6-7-12-16-10-4-2-3-5-11(10)18(12)13(9)17-14(19)15-8/h2-5H,6-7H2,1H3,(H,15,17,19). The van der Waals surface area contributed by atoms with Crippen molar-refractivity contribution in [3.63, 3.8) is 0 Å². The van der Waals surface area contributed by atoms with Crippen LogP contribution in [0.4, 0.5) is 0 Å². The van der Waals surface area contributed by atoms with Crippen LogP contribution in [-0.2, 0) is 12.8 Å². The van der Waals surface area contributed by atoms with Crippen LogP contribution < -0.4 is 0 Å². The molecular formula is C14H12N4S. The zero-order chi connectivity index (χ0) is 13.0. The number of benzene rings is 1. The summed E-state index contributed by atoms with van der Waals surface area (Å²) >= 11 is 5.21. The Morgan fingerprint density at radius 1 is 1.21 bits per heavy atom. The molecule has 2 aromatic heterocycles. The Kier molecular flexibility index (Phi) is 2.14. The smallest absolute Gasteiger partial charge is 0.198 e. The second-order valence-electron chi connectivity index (χ2n) is 4.82. The van der Waals surface area contributed by atoms with Crippen LogP contribution in [0.2, 0.25) is 0 Å². The van der Waals surface area contributed by atoms with Gasteiger partial charge in [0, 0.05) is 17.7 Å². The maximum atomic E-state index is 5.21. The van der Waals surface area contributed by atoms with Crippen LogP contribution in [0.5, 0.6) is 0 Å². The van der Waals surface area contributed by atoms with Crippen molar-refractivity contribution in [2.45, 2.75) is 19.8 Å². The minimum atomic E-state index is 0.530. The number of aryl methyl sites for hydroxylation is 2. The van der Waals surface area contributed by atoms with Crippen molar-refractivity contribution in [2.75, 3.05) is 0 Å². The molecule has 1 aromatic carbocycles. The van der Waals surface area contributed by atoms with Crippen LogP contribution in [0, 0.1) is 11.7 Å². The van der Waals surface area contributed by atoms with Crippen LogP contribution in [-0.4, -0.2) is 19.5 Å². The maximum Gasteiger partial charge on any atom is 0.198 e. The second kappa shape index (κ2) is 3.74. The number of rotatable bonds is 0. The Bertz CT molecular complexity index is 859. The van der Waals surface area contributed by atoms with Crippen molar-refractivity contribution >= 4 is 23.3 Å². The molecule has 1 aliphatic heterocycles. The highest BCUT2D eigenvalue weighted by atomic mass is 32.1. The lowest BCUT2D eigenvalue weighted by Crippen LogP contribution is -2.16. The number of hydrogen-bond acceptors (Lipinski definition) is 3. The monoisotopic (exact) mass is 268 g/mol. The van der Waals surface area contributed by atoms with E-state index in [4.69, 9.17) is 17.2 Å². The van der Waals surface area contributed by atoms with Gasteiger partial charge in [-0.25, -0.2) is 9.97 Å². The average Bonchev–Trinajstić information content (AvgIpc) is 2.77. The highest BCUT2D eigenvalue weighted by Gasteiger charge is 2.22. The molecule has 0 aliphatic carbocycles. The van der Waals surface area contributed by atoms with Crippen molar-refractivity contribution in [3.8, 4) is 5.82 Å². The fourth-order valence-electron chi connectivity index (χ4n) is 2.80. The van der Waals surface area contributed by atoms with E-state index in [1.165, 1.54) is 5.56 Å². The van der Waals surface area contributed by atoms with Gasteiger partial charge in [0.05, 0.1) is 11.0 Å². The van der Waals surface area contributed by atoms with Gasteiger partial charge >= 0.3 is 0 Å². The molecule has 94 valence electrons. The summed E-state index contributed by atoms with van der Waals surface area (Å²) in [7, 11) is 0. The molecule has 19 heavy (non-hydrogen) atoms. The number of imidazole rings is 1. The molecule has 0 unspecified atom stereocenters. The summed E-state index contributed by atoms with van der Waals surface area (Å²) in [5.74, 6) is 2.01. The third kappa shape index (κ3) is 1.48. The van der Waals surface area contributed by atoms with Gasteiger partial charge in [-0.1, -0.05) is 12.1 Å². The van der Waals surface area contributed by atoms with E-state index >= 15 is 0 Å². The highest BCUT2D eigenvalue weighted by Crippen LogP contribution is 2.28. The van der Waals surface area contributed by atoms with Crippen LogP contribution >= 0.6 is 12.2 Å². The van der Waals surface area contributed by atoms with Crippen molar-refractivity contribution in [1.29, 1.82) is 0 Å². The number of nitrogens with zero attached hydrogens (tertiary/aromatic N) is 3. The molecule has 1 aliphatic rings. The lowest BCUT2D eigenvalue weighted by molar-refractivity contribution is 0.749. The number of H-pyrrole nitrogens is 1. The molecule has 4 rings (SSSR count). The fourth-order valence-corrected chi connectivity index (χ4v) is 3.04. The first kappa shape index (κ1) is 10.9. The summed E-state index contributed by atoms with van der Waals surface area (Å²) in [6.07, 6.45) is 1.90. The van der Waals surface area contributed by atoms with Gasteiger partial charge in [0.2, 0.25) is 0 Å². The first-order chi connectivity index (χ1) is 9.24. The molecular weight excluding hydrogens is 256 g/mol. The number of hydrogen-bond donors (Lipinski definition) is 1. The molecule has 0 saturated heterocycles. The number of nitrogens with one attached hydrogen (secondary N) is 1. The zero-order valence-corrected chi connectivity index (χ0v) is 11.3. The fraction of sp³-hybridized carbons (Fsp3) is 0.214. The van der Waals surface area contributed by atoms with Gasteiger partial charge in [-0.3, -0.25) is 4.57 Å². The molecule has 1 N–H and O–H groups in total. The van der Waals surface area contributed by atoms with E-state index in [0.717, 1.165) is 41.2 Å².